The molecule has 0 aliphatic rings. The number of halogens is 1. The highest BCUT2D eigenvalue weighted by molar-refractivity contribution is 7.92. The van der Waals surface area contributed by atoms with E-state index in [1.54, 1.807) is 42.5 Å². The number of rotatable bonds is 4. The molecule has 0 aliphatic heterocycles. The average molecular weight is 460 g/mol. The molecular formula is C24H18FN5O2S. The average Bonchev–Trinajstić information content (AvgIpc) is 3.08. The maximum atomic E-state index is 13.6. The van der Waals surface area contributed by atoms with Gasteiger partial charge in [0.05, 0.1) is 22.1 Å². The maximum Gasteiger partial charge on any atom is 0.212 e. The first-order chi connectivity index (χ1) is 15.8. The molecule has 5 rings (SSSR count). The number of hydrogen-bond donors (Lipinski definition) is 1. The number of benzene rings is 3. The van der Waals surface area contributed by atoms with Gasteiger partial charge in [0.25, 0.3) is 0 Å². The van der Waals surface area contributed by atoms with Crippen molar-refractivity contribution in [2.45, 2.75) is 16.7 Å². The van der Waals surface area contributed by atoms with Gasteiger partial charge in [-0.15, -0.1) is 0 Å². The molecule has 164 valence electrons. The van der Waals surface area contributed by atoms with Gasteiger partial charge in [-0.25, -0.2) is 22.8 Å². The molecule has 9 heteroatoms. The minimum Gasteiger partial charge on any atom is -0.382 e. The summed E-state index contributed by atoms with van der Waals surface area (Å²) in [7, 11) is -4.02. The van der Waals surface area contributed by atoms with E-state index in [0.717, 1.165) is 5.56 Å². The third-order valence-electron chi connectivity index (χ3n) is 5.22. The van der Waals surface area contributed by atoms with Crippen LogP contribution in [0.4, 0.5) is 10.2 Å². The van der Waals surface area contributed by atoms with E-state index in [-0.39, 0.29) is 32.6 Å². The Morgan fingerprint density at radius 3 is 2.24 bits per heavy atom. The van der Waals surface area contributed by atoms with Gasteiger partial charge in [0.1, 0.15) is 22.0 Å². The van der Waals surface area contributed by atoms with Gasteiger partial charge in [-0.3, -0.25) is 0 Å². The summed E-state index contributed by atoms with van der Waals surface area (Å²) in [4.78, 5) is 9.10. The quantitative estimate of drug-likeness (QED) is 0.403. The Morgan fingerprint density at radius 2 is 1.58 bits per heavy atom. The van der Waals surface area contributed by atoms with E-state index in [9.17, 15) is 12.8 Å². The summed E-state index contributed by atoms with van der Waals surface area (Å²) in [6.07, 6.45) is 1.45. The van der Waals surface area contributed by atoms with Gasteiger partial charge in [-0.1, -0.05) is 42.0 Å². The Morgan fingerprint density at radius 1 is 0.939 bits per heavy atom. The van der Waals surface area contributed by atoms with Crippen molar-refractivity contribution in [1.29, 1.82) is 0 Å². The van der Waals surface area contributed by atoms with E-state index in [1.165, 1.54) is 35.2 Å². The summed E-state index contributed by atoms with van der Waals surface area (Å²) in [6, 6.07) is 19.3. The third-order valence-corrected chi connectivity index (χ3v) is 7.05. The van der Waals surface area contributed by atoms with Crippen LogP contribution in [0.2, 0.25) is 0 Å². The normalized spacial score (nSPS) is 12.2. The zero-order valence-electron chi connectivity index (χ0n) is 17.5. The second-order valence-electron chi connectivity index (χ2n) is 7.52. The van der Waals surface area contributed by atoms with Crippen LogP contribution >= 0.6 is 0 Å². The fourth-order valence-electron chi connectivity index (χ4n) is 3.51. The number of aromatic nitrogens is 3. The second-order valence-corrected chi connectivity index (χ2v) is 9.41. The molecule has 5 aromatic rings. The van der Waals surface area contributed by atoms with E-state index in [1.807, 2.05) is 13.0 Å². The fourth-order valence-corrected chi connectivity index (χ4v) is 5.00. The molecular weight excluding hydrogens is 441 g/mol. The number of sulfone groups is 1. The second kappa shape index (κ2) is 7.79. The van der Waals surface area contributed by atoms with Crippen LogP contribution in [-0.4, -0.2) is 29.3 Å². The van der Waals surface area contributed by atoms with Crippen LogP contribution in [-0.2, 0) is 9.84 Å². The molecule has 0 amide bonds. The SMILES string of the molecule is Cc1ccc(S(=O)(=O)c2c(N)n(N=Cc3ccc(F)cc3)c3nc4ccccc4nc23)cc1. The molecule has 0 spiro atoms. The van der Waals surface area contributed by atoms with Gasteiger partial charge in [-0.05, 0) is 48.9 Å². The van der Waals surface area contributed by atoms with Crippen molar-refractivity contribution in [2.24, 2.45) is 5.10 Å². The van der Waals surface area contributed by atoms with Crippen molar-refractivity contribution in [2.75, 3.05) is 5.73 Å². The summed E-state index contributed by atoms with van der Waals surface area (Å²) >= 11 is 0. The third kappa shape index (κ3) is 3.62. The van der Waals surface area contributed by atoms with Gasteiger partial charge >= 0.3 is 0 Å². The van der Waals surface area contributed by atoms with E-state index in [2.05, 4.69) is 15.1 Å². The molecule has 2 heterocycles. The summed E-state index contributed by atoms with van der Waals surface area (Å²) in [5.41, 5.74) is 9.32. The summed E-state index contributed by atoms with van der Waals surface area (Å²) in [6.45, 7) is 1.87. The number of fused-ring (bicyclic) bond motifs is 2. The van der Waals surface area contributed by atoms with E-state index in [4.69, 9.17) is 5.73 Å². The largest absolute Gasteiger partial charge is 0.382 e. The maximum absolute atomic E-state index is 13.6. The van der Waals surface area contributed by atoms with Gasteiger partial charge < -0.3 is 5.73 Å². The van der Waals surface area contributed by atoms with E-state index >= 15 is 0 Å². The van der Waals surface area contributed by atoms with E-state index in [0.29, 0.717) is 16.6 Å². The van der Waals surface area contributed by atoms with Crippen molar-refractivity contribution in [3.63, 3.8) is 0 Å². The zero-order valence-corrected chi connectivity index (χ0v) is 18.3. The molecule has 0 atom stereocenters. The fraction of sp³-hybridized carbons (Fsp3) is 0.0417. The van der Waals surface area contributed by atoms with Crippen molar-refractivity contribution in [1.82, 2.24) is 14.6 Å². The molecule has 0 unspecified atom stereocenters. The molecule has 33 heavy (non-hydrogen) atoms. The monoisotopic (exact) mass is 459 g/mol. The lowest BCUT2D eigenvalue weighted by molar-refractivity contribution is 0.597. The van der Waals surface area contributed by atoms with Crippen LogP contribution in [0.25, 0.3) is 22.2 Å². The first-order valence-electron chi connectivity index (χ1n) is 10.0. The highest BCUT2D eigenvalue weighted by atomic mass is 32.2. The highest BCUT2D eigenvalue weighted by Gasteiger charge is 2.30. The van der Waals surface area contributed by atoms with Gasteiger partial charge in [0.2, 0.25) is 9.84 Å². The highest BCUT2D eigenvalue weighted by Crippen LogP contribution is 2.35. The number of nitrogens with zero attached hydrogens (tertiary/aromatic N) is 4. The molecule has 0 fully saturated rings. The predicted molar refractivity (Wildman–Crippen MR) is 125 cm³/mol. The van der Waals surface area contributed by atoms with Crippen LogP contribution in [0.5, 0.6) is 0 Å². The molecule has 0 bridgehead atoms. The van der Waals surface area contributed by atoms with E-state index < -0.39 is 9.84 Å². The van der Waals surface area contributed by atoms with Crippen molar-refractivity contribution < 1.29 is 12.8 Å². The number of nitrogens with two attached hydrogens (primary N) is 1. The number of nitrogen functional groups attached to an aromatic ring is 1. The first-order valence-corrected chi connectivity index (χ1v) is 11.5. The lowest BCUT2D eigenvalue weighted by atomic mass is 10.2. The van der Waals surface area contributed by atoms with Gasteiger partial charge in [0.15, 0.2) is 5.65 Å². The standard InChI is InChI=1S/C24H18FN5O2S/c1-15-6-12-18(13-7-15)33(31,32)22-21-24(29-20-5-3-2-4-19(20)28-21)30(23(22)26)27-14-16-8-10-17(25)11-9-16/h2-14H,26H2,1H3. The molecule has 3 aromatic carbocycles. The van der Waals surface area contributed by atoms with Crippen molar-refractivity contribution >= 4 is 44.1 Å². The number of anilines is 1. The Labute approximate surface area is 188 Å². The number of hydrogen-bond acceptors (Lipinski definition) is 6. The van der Waals surface area contributed by atoms with Crippen LogP contribution in [0.15, 0.2) is 87.7 Å². The molecule has 0 saturated heterocycles. The van der Waals surface area contributed by atoms with Crippen LogP contribution in [0.1, 0.15) is 11.1 Å². The van der Waals surface area contributed by atoms with Gasteiger partial charge in [-0.2, -0.15) is 9.78 Å². The number of para-hydroxylation sites is 2. The summed E-state index contributed by atoms with van der Waals surface area (Å²) in [5, 5.41) is 4.36. The summed E-state index contributed by atoms with van der Waals surface area (Å²) < 4.78 is 41.7. The molecule has 0 aliphatic carbocycles. The van der Waals surface area contributed by atoms with Crippen LogP contribution in [0.3, 0.4) is 0 Å². The van der Waals surface area contributed by atoms with Crippen LogP contribution in [0, 0.1) is 12.7 Å². The summed E-state index contributed by atoms with van der Waals surface area (Å²) in [5.74, 6) is -0.485. The lowest BCUT2D eigenvalue weighted by Crippen LogP contribution is -2.06. The zero-order chi connectivity index (χ0) is 23.2. The number of aryl methyl sites for hydroxylation is 1. The Hall–Kier alpha value is -4.11. The molecule has 0 saturated carbocycles. The van der Waals surface area contributed by atoms with Gasteiger partial charge in [0, 0.05) is 0 Å². The Kier molecular flexibility index (Phi) is 4.90. The topological polar surface area (TPSA) is 103 Å². The smallest absolute Gasteiger partial charge is 0.212 e. The van der Waals surface area contributed by atoms with Crippen molar-refractivity contribution in [3.8, 4) is 0 Å². The molecule has 2 N–H and O–H groups in total. The molecule has 7 nitrogen and oxygen atoms in total. The minimum absolute atomic E-state index is 0.0938. The first kappa shape index (κ1) is 20.8. The molecule has 0 radical (unpaired) electrons. The molecule has 2 aromatic heterocycles. The van der Waals surface area contributed by atoms with Crippen molar-refractivity contribution in [3.05, 3.63) is 89.7 Å². The Balaban J connectivity index is 1.78. The lowest BCUT2D eigenvalue weighted by Gasteiger charge is -2.05. The van der Waals surface area contributed by atoms with Crippen LogP contribution < -0.4 is 5.73 Å². The minimum atomic E-state index is -4.02. The predicted octanol–water partition coefficient (Wildman–Crippen LogP) is 4.33. The Bertz CT molecular complexity index is 1640.